The van der Waals surface area contributed by atoms with E-state index >= 15 is 0 Å². The van der Waals surface area contributed by atoms with Crippen LogP contribution in [0.1, 0.15) is 12.0 Å². The second kappa shape index (κ2) is 5.79. The first-order valence-electron chi connectivity index (χ1n) is 6.27. The molecular weight excluding hydrogens is 266 g/mol. The Morgan fingerprint density at radius 1 is 1.47 bits per heavy atom. The van der Waals surface area contributed by atoms with Gasteiger partial charge in [-0.2, -0.15) is 0 Å². The van der Waals surface area contributed by atoms with E-state index in [1.807, 2.05) is 0 Å². The molecule has 0 aliphatic carbocycles. The lowest BCUT2D eigenvalue weighted by atomic mass is 10.1. The van der Waals surface area contributed by atoms with Gasteiger partial charge in [0.05, 0.1) is 18.6 Å². The van der Waals surface area contributed by atoms with Crippen molar-refractivity contribution >= 4 is 9.84 Å². The lowest BCUT2D eigenvalue weighted by Crippen LogP contribution is -2.23. The highest BCUT2D eigenvalue weighted by Gasteiger charge is 2.27. The summed E-state index contributed by atoms with van der Waals surface area (Å²) < 4.78 is 27.6. The number of ether oxygens (including phenoxy) is 1. The van der Waals surface area contributed by atoms with Crippen molar-refractivity contribution in [2.24, 2.45) is 5.92 Å². The van der Waals surface area contributed by atoms with Gasteiger partial charge in [-0.05, 0) is 24.9 Å². The van der Waals surface area contributed by atoms with Gasteiger partial charge in [-0.15, -0.1) is 0 Å². The summed E-state index contributed by atoms with van der Waals surface area (Å²) in [6.45, 7) is 1.18. The van der Waals surface area contributed by atoms with E-state index in [1.165, 1.54) is 0 Å². The average molecular weight is 285 g/mol. The minimum atomic E-state index is -2.81. The zero-order chi connectivity index (χ0) is 13.9. The van der Waals surface area contributed by atoms with Crippen LogP contribution >= 0.6 is 0 Å². The fraction of sp³-hybridized carbons (Fsp3) is 0.538. The van der Waals surface area contributed by atoms with Crippen LogP contribution < -0.4 is 10.1 Å². The second-order valence-electron chi connectivity index (χ2n) is 4.89. The number of hydrogen-bond acceptors (Lipinski definition) is 5. The molecule has 0 bridgehead atoms. The van der Waals surface area contributed by atoms with Crippen molar-refractivity contribution in [3.8, 4) is 11.5 Å². The van der Waals surface area contributed by atoms with Crippen LogP contribution in [0.5, 0.6) is 11.5 Å². The molecule has 1 unspecified atom stereocenters. The maximum absolute atomic E-state index is 11.3. The lowest BCUT2D eigenvalue weighted by Gasteiger charge is -2.11. The molecule has 2 N–H and O–H groups in total. The molecule has 1 atom stereocenters. The van der Waals surface area contributed by atoms with Crippen molar-refractivity contribution in [2.75, 3.05) is 25.2 Å². The van der Waals surface area contributed by atoms with Crippen LogP contribution in [0.15, 0.2) is 18.2 Å². The third kappa shape index (κ3) is 3.84. The first kappa shape index (κ1) is 14.1. The van der Waals surface area contributed by atoms with Crippen molar-refractivity contribution in [3.63, 3.8) is 0 Å². The van der Waals surface area contributed by atoms with Gasteiger partial charge in [0, 0.05) is 18.2 Å². The molecule has 1 heterocycles. The van der Waals surface area contributed by atoms with Crippen LogP contribution in [0.3, 0.4) is 0 Å². The summed E-state index contributed by atoms with van der Waals surface area (Å²) in [4.78, 5) is 0. The second-order valence-corrected chi connectivity index (χ2v) is 7.12. The molecule has 5 nitrogen and oxygen atoms in total. The highest BCUT2D eigenvalue weighted by molar-refractivity contribution is 7.91. The Labute approximate surface area is 113 Å². The predicted octanol–water partition coefficient (Wildman–Crippen LogP) is 0.925. The van der Waals surface area contributed by atoms with E-state index in [2.05, 4.69) is 5.32 Å². The number of benzene rings is 1. The van der Waals surface area contributed by atoms with Crippen molar-refractivity contribution in [1.82, 2.24) is 5.32 Å². The van der Waals surface area contributed by atoms with E-state index in [4.69, 9.17) is 4.74 Å². The quantitative estimate of drug-likeness (QED) is 0.841. The van der Waals surface area contributed by atoms with Crippen LogP contribution in [0.4, 0.5) is 0 Å². The van der Waals surface area contributed by atoms with Crippen molar-refractivity contribution in [1.29, 1.82) is 0 Å². The zero-order valence-electron chi connectivity index (χ0n) is 10.9. The van der Waals surface area contributed by atoms with E-state index in [-0.39, 0.29) is 17.4 Å². The van der Waals surface area contributed by atoms with Crippen LogP contribution in [0.25, 0.3) is 0 Å². The van der Waals surface area contributed by atoms with Crippen molar-refractivity contribution < 1.29 is 18.3 Å². The third-order valence-electron chi connectivity index (χ3n) is 3.37. The first-order valence-corrected chi connectivity index (χ1v) is 8.09. The maximum atomic E-state index is 11.3. The minimum Gasteiger partial charge on any atom is -0.507 e. The van der Waals surface area contributed by atoms with Gasteiger partial charge in [0.25, 0.3) is 0 Å². The number of sulfone groups is 1. The highest BCUT2D eigenvalue weighted by atomic mass is 32.2. The summed E-state index contributed by atoms with van der Waals surface area (Å²) in [6.07, 6.45) is 0.726. The Kier molecular flexibility index (Phi) is 4.31. The molecule has 106 valence electrons. The molecule has 19 heavy (non-hydrogen) atoms. The van der Waals surface area contributed by atoms with Crippen LogP contribution in [0, 0.1) is 5.92 Å². The highest BCUT2D eigenvalue weighted by Crippen LogP contribution is 2.23. The molecule has 0 radical (unpaired) electrons. The van der Waals surface area contributed by atoms with E-state index in [9.17, 15) is 13.5 Å². The van der Waals surface area contributed by atoms with E-state index in [0.717, 1.165) is 12.0 Å². The molecule has 1 aromatic rings. The molecular formula is C13H19NO4S. The predicted molar refractivity (Wildman–Crippen MR) is 73.1 cm³/mol. The average Bonchev–Trinajstić information content (AvgIpc) is 2.71. The molecule has 0 saturated carbocycles. The molecule has 6 heteroatoms. The number of nitrogens with one attached hydrogen (secondary N) is 1. The largest absolute Gasteiger partial charge is 0.507 e. The Morgan fingerprint density at radius 2 is 2.26 bits per heavy atom. The topological polar surface area (TPSA) is 75.6 Å². The number of hydrogen-bond donors (Lipinski definition) is 2. The number of methoxy groups -OCH3 is 1. The summed E-state index contributed by atoms with van der Waals surface area (Å²) in [7, 11) is -1.26. The Morgan fingerprint density at radius 3 is 2.84 bits per heavy atom. The van der Waals surface area contributed by atoms with Gasteiger partial charge < -0.3 is 15.2 Å². The van der Waals surface area contributed by atoms with Crippen LogP contribution in [-0.2, 0) is 16.4 Å². The zero-order valence-corrected chi connectivity index (χ0v) is 11.7. The van der Waals surface area contributed by atoms with Gasteiger partial charge in [0.1, 0.15) is 11.5 Å². The van der Waals surface area contributed by atoms with Gasteiger partial charge in [-0.25, -0.2) is 8.42 Å². The lowest BCUT2D eigenvalue weighted by molar-refractivity contribution is 0.405. The SMILES string of the molecule is COc1ccc(CNCC2CCS(=O)(=O)C2)c(O)c1. The fourth-order valence-electron chi connectivity index (χ4n) is 2.26. The molecule has 0 aromatic heterocycles. The van der Waals surface area contributed by atoms with E-state index < -0.39 is 9.84 Å². The Balaban J connectivity index is 1.83. The van der Waals surface area contributed by atoms with Gasteiger partial charge in [0.2, 0.25) is 0 Å². The fourth-order valence-corrected chi connectivity index (χ4v) is 4.13. The molecule has 1 saturated heterocycles. The first-order chi connectivity index (χ1) is 9.00. The Bertz CT molecular complexity index is 542. The van der Waals surface area contributed by atoms with E-state index in [1.54, 1.807) is 25.3 Å². The number of rotatable bonds is 5. The molecule has 1 aliphatic heterocycles. The monoisotopic (exact) mass is 285 g/mol. The maximum Gasteiger partial charge on any atom is 0.150 e. The van der Waals surface area contributed by atoms with Gasteiger partial charge in [-0.3, -0.25) is 0 Å². The standard InChI is InChI=1S/C13H19NO4S/c1-18-12-3-2-11(13(15)6-12)8-14-7-10-4-5-19(16,17)9-10/h2-3,6,10,14-15H,4-5,7-9H2,1H3. The van der Waals surface area contributed by atoms with Crippen LogP contribution in [-0.4, -0.2) is 38.7 Å². The van der Waals surface area contributed by atoms with E-state index in [0.29, 0.717) is 24.6 Å². The minimum absolute atomic E-state index is 0.186. The van der Waals surface area contributed by atoms with Crippen LogP contribution in [0.2, 0.25) is 0 Å². The normalized spacial score (nSPS) is 21.4. The molecule has 2 rings (SSSR count). The van der Waals surface area contributed by atoms with Crippen molar-refractivity contribution in [2.45, 2.75) is 13.0 Å². The van der Waals surface area contributed by atoms with Crippen molar-refractivity contribution in [3.05, 3.63) is 23.8 Å². The number of phenolic OH excluding ortho intramolecular Hbond substituents is 1. The molecule has 1 aliphatic rings. The summed E-state index contributed by atoms with van der Waals surface area (Å²) in [6, 6.07) is 5.15. The third-order valence-corrected chi connectivity index (χ3v) is 5.20. The Hall–Kier alpha value is -1.27. The summed E-state index contributed by atoms with van der Waals surface area (Å²) in [5, 5.41) is 13.0. The molecule has 1 fully saturated rings. The molecule has 0 amide bonds. The summed E-state index contributed by atoms with van der Waals surface area (Å²) in [5.41, 5.74) is 0.779. The molecule has 0 spiro atoms. The number of phenols is 1. The van der Waals surface area contributed by atoms with Gasteiger partial charge in [0.15, 0.2) is 9.84 Å². The van der Waals surface area contributed by atoms with Gasteiger partial charge >= 0.3 is 0 Å². The number of aromatic hydroxyl groups is 1. The van der Waals surface area contributed by atoms with Gasteiger partial charge in [-0.1, -0.05) is 6.07 Å². The summed E-state index contributed by atoms with van der Waals surface area (Å²) >= 11 is 0. The smallest absolute Gasteiger partial charge is 0.150 e. The molecule has 1 aromatic carbocycles. The summed E-state index contributed by atoms with van der Waals surface area (Å²) in [5.74, 6) is 1.56.